The number of fused-ring (bicyclic) bond motifs is 6. The first-order chi connectivity index (χ1) is 13.9. The Morgan fingerprint density at radius 1 is 0.750 bits per heavy atom. The van der Waals surface area contributed by atoms with Crippen LogP contribution >= 0.6 is 0 Å². The van der Waals surface area contributed by atoms with Crippen LogP contribution < -0.4 is 4.74 Å². The van der Waals surface area contributed by atoms with Crippen molar-refractivity contribution in [2.24, 2.45) is 0 Å². The summed E-state index contributed by atoms with van der Waals surface area (Å²) in [4.78, 5) is 2.53. The lowest BCUT2D eigenvalue weighted by Crippen LogP contribution is -2.44. The molecule has 0 bridgehead atoms. The van der Waals surface area contributed by atoms with E-state index in [0.717, 1.165) is 18.7 Å². The van der Waals surface area contributed by atoms with Gasteiger partial charge in [-0.05, 0) is 34.4 Å². The average Bonchev–Trinajstić information content (AvgIpc) is 2.78. The molecule has 2 heterocycles. The first kappa shape index (κ1) is 15.9. The molecule has 2 aliphatic heterocycles. The summed E-state index contributed by atoms with van der Waals surface area (Å²) < 4.78 is 6.65. The molecule has 0 radical (unpaired) electrons. The zero-order valence-electron chi connectivity index (χ0n) is 15.6. The second-order valence-electron chi connectivity index (χ2n) is 7.67. The fourth-order valence-corrected chi connectivity index (χ4v) is 4.88. The predicted octanol–water partition coefficient (Wildman–Crippen LogP) is 5.88. The van der Waals surface area contributed by atoms with E-state index >= 15 is 0 Å². The molecule has 0 N–H and O–H groups in total. The van der Waals surface area contributed by atoms with Crippen LogP contribution in [0.2, 0.25) is 0 Å². The van der Waals surface area contributed by atoms with Gasteiger partial charge in [-0.3, -0.25) is 4.90 Å². The smallest absolute Gasteiger partial charge is 0.180 e. The highest BCUT2D eigenvalue weighted by Gasteiger charge is 2.41. The third-order valence-corrected chi connectivity index (χ3v) is 6.15. The summed E-state index contributed by atoms with van der Waals surface area (Å²) in [5.74, 6) is 1.01. The molecule has 0 spiro atoms. The summed E-state index contributed by atoms with van der Waals surface area (Å²) in [6.45, 7) is 0.990. The molecule has 2 atom stereocenters. The van der Waals surface area contributed by atoms with E-state index in [1.54, 1.807) is 0 Å². The van der Waals surface area contributed by atoms with Gasteiger partial charge in [0, 0.05) is 17.7 Å². The van der Waals surface area contributed by atoms with Gasteiger partial charge in [0.1, 0.15) is 5.75 Å². The second kappa shape index (κ2) is 6.22. The van der Waals surface area contributed by atoms with E-state index in [1.165, 1.54) is 33.0 Å². The van der Waals surface area contributed by atoms with Gasteiger partial charge in [-0.25, -0.2) is 0 Å². The summed E-state index contributed by atoms with van der Waals surface area (Å²) in [5.41, 5.74) is 5.32. The Balaban J connectivity index is 1.62. The minimum Gasteiger partial charge on any atom is -0.470 e. The van der Waals surface area contributed by atoms with Crippen molar-refractivity contribution in [2.45, 2.75) is 18.7 Å². The zero-order valence-corrected chi connectivity index (χ0v) is 15.6. The predicted molar refractivity (Wildman–Crippen MR) is 112 cm³/mol. The van der Waals surface area contributed by atoms with Crippen molar-refractivity contribution >= 4 is 10.8 Å². The lowest BCUT2D eigenvalue weighted by Gasteiger charge is -2.46. The van der Waals surface area contributed by atoms with Crippen LogP contribution in [0.4, 0.5) is 0 Å². The number of ether oxygens (including phenoxy) is 1. The third kappa shape index (κ3) is 2.31. The van der Waals surface area contributed by atoms with Gasteiger partial charge in [-0.1, -0.05) is 84.9 Å². The fraction of sp³-hybridized carbons (Fsp3) is 0.154. The Bertz CT molecular complexity index is 1170. The van der Waals surface area contributed by atoms with E-state index in [-0.39, 0.29) is 12.3 Å². The standard InChI is InChI=1S/C26H21NO/c1-2-10-20(11-3-1)25-24-21-12-6-4-8-18(21)14-15-23(24)28-26-22-13-7-5-9-19(22)16-17-27(25)26/h1-15,25-26H,16-17H2/t25-,26+/m0/s1. The molecule has 28 heavy (non-hydrogen) atoms. The van der Waals surface area contributed by atoms with Crippen LogP contribution in [0.5, 0.6) is 5.75 Å². The van der Waals surface area contributed by atoms with E-state index in [1.807, 2.05) is 0 Å². The maximum absolute atomic E-state index is 6.65. The van der Waals surface area contributed by atoms with Crippen molar-refractivity contribution in [3.63, 3.8) is 0 Å². The van der Waals surface area contributed by atoms with E-state index in [9.17, 15) is 0 Å². The largest absolute Gasteiger partial charge is 0.470 e. The molecule has 0 saturated carbocycles. The number of rotatable bonds is 1. The molecule has 0 unspecified atom stereocenters. The fourth-order valence-electron chi connectivity index (χ4n) is 4.88. The molecule has 4 aromatic carbocycles. The van der Waals surface area contributed by atoms with E-state index in [0.29, 0.717) is 0 Å². The van der Waals surface area contributed by atoms with Crippen molar-refractivity contribution in [1.82, 2.24) is 4.90 Å². The maximum atomic E-state index is 6.65. The Hall–Kier alpha value is -3.10. The van der Waals surface area contributed by atoms with Crippen LogP contribution in [0.1, 0.15) is 34.5 Å². The van der Waals surface area contributed by atoms with Gasteiger partial charge < -0.3 is 4.74 Å². The molecule has 0 aliphatic carbocycles. The summed E-state index contributed by atoms with van der Waals surface area (Å²) in [7, 11) is 0. The van der Waals surface area contributed by atoms with Crippen LogP contribution in [-0.4, -0.2) is 11.4 Å². The van der Waals surface area contributed by atoms with Crippen molar-refractivity contribution in [3.8, 4) is 5.75 Å². The SMILES string of the molecule is c1ccc([C@H]2c3c(ccc4ccccc34)O[C@@H]3c4ccccc4CCN23)cc1. The molecule has 4 aromatic rings. The molecule has 136 valence electrons. The number of hydrogen-bond acceptors (Lipinski definition) is 2. The van der Waals surface area contributed by atoms with E-state index in [2.05, 4.69) is 95.9 Å². The molecule has 2 nitrogen and oxygen atoms in total. The summed E-state index contributed by atoms with van der Waals surface area (Å²) in [6.07, 6.45) is 1.02. The molecule has 6 rings (SSSR count). The zero-order chi connectivity index (χ0) is 18.5. The Labute approximate surface area is 165 Å². The number of nitrogens with zero attached hydrogens (tertiary/aromatic N) is 1. The van der Waals surface area contributed by atoms with Gasteiger partial charge in [0.05, 0.1) is 6.04 Å². The van der Waals surface area contributed by atoms with Gasteiger partial charge >= 0.3 is 0 Å². The molecule has 0 aromatic heterocycles. The van der Waals surface area contributed by atoms with Crippen LogP contribution in [0.25, 0.3) is 10.8 Å². The Kier molecular flexibility index (Phi) is 3.53. The minimum absolute atomic E-state index is 0.0381. The van der Waals surface area contributed by atoms with Gasteiger partial charge in [0.2, 0.25) is 0 Å². The normalized spacial score (nSPS) is 20.7. The van der Waals surface area contributed by atoms with Crippen molar-refractivity contribution < 1.29 is 4.74 Å². The molecule has 0 fully saturated rings. The summed E-state index contributed by atoms with van der Waals surface area (Å²) in [6, 6.07) is 32.8. The van der Waals surface area contributed by atoms with Crippen molar-refractivity contribution in [2.75, 3.05) is 6.54 Å². The van der Waals surface area contributed by atoms with Crippen LogP contribution in [-0.2, 0) is 6.42 Å². The molecular formula is C26H21NO. The molecular weight excluding hydrogens is 342 g/mol. The monoisotopic (exact) mass is 363 g/mol. The van der Waals surface area contributed by atoms with E-state index in [4.69, 9.17) is 4.74 Å². The minimum atomic E-state index is -0.0381. The quantitative estimate of drug-likeness (QED) is 0.419. The molecule has 2 aliphatic rings. The molecule has 0 saturated heterocycles. The van der Waals surface area contributed by atoms with Gasteiger partial charge in [0.25, 0.3) is 0 Å². The average molecular weight is 363 g/mol. The maximum Gasteiger partial charge on any atom is 0.180 e. The highest BCUT2D eigenvalue weighted by atomic mass is 16.5. The summed E-state index contributed by atoms with van der Waals surface area (Å²) in [5, 5.41) is 2.55. The third-order valence-electron chi connectivity index (χ3n) is 6.15. The Morgan fingerprint density at radius 2 is 1.54 bits per heavy atom. The first-order valence-electron chi connectivity index (χ1n) is 9.97. The van der Waals surface area contributed by atoms with Crippen LogP contribution in [0.15, 0.2) is 91.0 Å². The molecule has 0 amide bonds. The highest BCUT2D eigenvalue weighted by molar-refractivity contribution is 5.89. The van der Waals surface area contributed by atoms with Gasteiger partial charge in [-0.15, -0.1) is 0 Å². The lowest BCUT2D eigenvalue weighted by atomic mass is 9.87. The van der Waals surface area contributed by atoms with Gasteiger partial charge in [0.15, 0.2) is 6.23 Å². The highest BCUT2D eigenvalue weighted by Crippen LogP contribution is 2.49. The number of hydrogen-bond donors (Lipinski definition) is 0. The number of benzene rings is 4. The van der Waals surface area contributed by atoms with Gasteiger partial charge in [-0.2, -0.15) is 0 Å². The topological polar surface area (TPSA) is 12.5 Å². The summed E-state index contributed by atoms with van der Waals surface area (Å²) >= 11 is 0. The molecule has 2 heteroatoms. The van der Waals surface area contributed by atoms with Crippen molar-refractivity contribution in [3.05, 3.63) is 113 Å². The van der Waals surface area contributed by atoms with Crippen LogP contribution in [0.3, 0.4) is 0 Å². The first-order valence-corrected chi connectivity index (χ1v) is 9.97. The van der Waals surface area contributed by atoms with E-state index < -0.39 is 0 Å². The van der Waals surface area contributed by atoms with Crippen LogP contribution in [0, 0.1) is 0 Å². The Morgan fingerprint density at radius 3 is 2.46 bits per heavy atom. The van der Waals surface area contributed by atoms with Crippen molar-refractivity contribution in [1.29, 1.82) is 0 Å². The lowest BCUT2D eigenvalue weighted by molar-refractivity contribution is -0.0260. The second-order valence-corrected chi connectivity index (χ2v) is 7.67.